The van der Waals surface area contributed by atoms with E-state index in [0.29, 0.717) is 0 Å². The zero-order chi connectivity index (χ0) is 13.7. The van der Waals surface area contributed by atoms with Crippen molar-refractivity contribution < 1.29 is 9.90 Å². The first-order valence-corrected chi connectivity index (χ1v) is 6.85. The molecule has 1 aromatic rings. The van der Waals surface area contributed by atoms with Gasteiger partial charge in [0.05, 0.1) is 6.54 Å². The Kier molecular flexibility index (Phi) is 4.93. The van der Waals surface area contributed by atoms with Crippen LogP contribution in [0.3, 0.4) is 0 Å². The van der Waals surface area contributed by atoms with Gasteiger partial charge in [-0.15, -0.1) is 0 Å². The minimum Gasteiger partial charge on any atom is -0.480 e. The maximum Gasteiger partial charge on any atom is 0.317 e. The molecule has 1 aliphatic rings. The Balaban J connectivity index is 1.85. The molecule has 0 aliphatic carbocycles. The normalized spacial score (nSPS) is 18.2. The summed E-state index contributed by atoms with van der Waals surface area (Å²) in [6.07, 6.45) is 1.04. The van der Waals surface area contributed by atoms with Gasteiger partial charge in [-0.25, -0.2) is 0 Å². The summed E-state index contributed by atoms with van der Waals surface area (Å²) in [4.78, 5) is 15.2. The van der Waals surface area contributed by atoms with Crippen LogP contribution in [0.2, 0.25) is 0 Å². The SMILES string of the molecule is Cc1ccc(CN2CCCN(CC(=O)O)CC2)cc1. The zero-order valence-corrected chi connectivity index (χ0v) is 11.5. The first kappa shape index (κ1) is 14.0. The van der Waals surface area contributed by atoms with E-state index >= 15 is 0 Å². The fraction of sp³-hybridized carbons (Fsp3) is 0.533. The second-order valence-corrected chi connectivity index (χ2v) is 5.29. The highest BCUT2D eigenvalue weighted by Crippen LogP contribution is 2.10. The lowest BCUT2D eigenvalue weighted by molar-refractivity contribution is -0.138. The lowest BCUT2D eigenvalue weighted by Gasteiger charge is -2.20. The van der Waals surface area contributed by atoms with Gasteiger partial charge in [0.2, 0.25) is 0 Å². The van der Waals surface area contributed by atoms with Crippen molar-refractivity contribution in [1.82, 2.24) is 9.80 Å². The molecule has 0 unspecified atom stereocenters. The van der Waals surface area contributed by atoms with Crippen molar-refractivity contribution in [2.75, 3.05) is 32.7 Å². The number of aliphatic carboxylic acids is 1. The quantitative estimate of drug-likeness (QED) is 0.895. The number of nitrogens with zero attached hydrogens (tertiary/aromatic N) is 2. The van der Waals surface area contributed by atoms with Gasteiger partial charge in [-0.3, -0.25) is 14.6 Å². The van der Waals surface area contributed by atoms with Crippen LogP contribution in [-0.2, 0) is 11.3 Å². The van der Waals surface area contributed by atoms with E-state index in [0.717, 1.165) is 39.1 Å². The molecule has 1 saturated heterocycles. The Bertz CT molecular complexity index is 417. The van der Waals surface area contributed by atoms with E-state index in [9.17, 15) is 4.79 Å². The average molecular weight is 262 g/mol. The smallest absolute Gasteiger partial charge is 0.317 e. The van der Waals surface area contributed by atoms with Gasteiger partial charge in [0.15, 0.2) is 0 Å². The number of carbonyl (C=O) groups is 1. The Morgan fingerprint density at radius 1 is 1.11 bits per heavy atom. The number of hydrogen-bond donors (Lipinski definition) is 1. The van der Waals surface area contributed by atoms with Crippen LogP contribution in [0, 0.1) is 6.92 Å². The second kappa shape index (κ2) is 6.68. The Morgan fingerprint density at radius 3 is 2.42 bits per heavy atom. The molecule has 0 aromatic heterocycles. The summed E-state index contributed by atoms with van der Waals surface area (Å²) in [6, 6.07) is 8.64. The summed E-state index contributed by atoms with van der Waals surface area (Å²) in [5, 5.41) is 8.83. The minimum absolute atomic E-state index is 0.165. The Labute approximate surface area is 114 Å². The molecule has 0 radical (unpaired) electrons. The van der Waals surface area contributed by atoms with Gasteiger partial charge >= 0.3 is 5.97 Å². The predicted molar refractivity (Wildman–Crippen MR) is 75.1 cm³/mol. The van der Waals surface area contributed by atoms with Crippen LogP contribution < -0.4 is 0 Å². The number of hydrogen-bond acceptors (Lipinski definition) is 3. The molecular formula is C15H22N2O2. The molecule has 0 saturated carbocycles. The third-order valence-electron chi connectivity index (χ3n) is 3.57. The summed E-state index contributed by atoms with van der Waals surface area (Å²) in [5.41, 5.74) is 2.62. The molecule has 0 atom stereocenters. The zero-order valence-electron chi connectivity index (χ0n) is 11.5. The minimum atomic E-state index is -0.730. The van der Waals surface area contributed by atoms with Crippen molar-refractivity contribution in [2.45, 2.75) is 19.9 Å². The molecule has 1 aliphatic heterocycles. The monoisotopic (exact) mass is 262 g/mol. The Morgan fingerprint density at radius 2 is 1.74 bits per heavy atom. The fourth-order valence-electron chi connectivity index (χ4n) is 2.48. The molecule has 1 N–H and O–H groups in total. The molecule has 1 fully saturated rings. The van der Waals surface area contributed by atoms with E-state index in [4.69, 9.17) is 5.11 Å². The molecule has 4 nitrogen and oxygen atoms in total. The summed E-state index contributed by atoms with van der Waals surface area (Å²) in [6.45, 7) is 6.94. The number of aryl methyl sites for hydroxylation is 1. The van der Waals surface area contributed by atoms with Crippen LogP contribution in [0.15, 0.2) is 24.3 Å². The van der Waals surface area contributed by atoms with Crippen LogP contribution in [0.4, 0.5) is 0 Å². The number of carboxylic acid groups (broad SMARTS) is 1. The van der Waals surface area contributed by atoms with Crippen molar-refractivity contribution in [2.24, 2.45) is 0 Å². The molecule has 4 heteroatoms. The van der Waals surface area contributed by atoms with Crippen molar-refractivity contribution in [3.63, 3.8) is 0 Å². The van der Waals surface area contributed by atoms with Crippen molar-refractivity contribution in [1.29, 1.82) is 0 Å². The predicted octanol–water partition coefficient (Wildman–Crippen LogP) is 1.59. The van der Waals surface area contributed by atoms with E-state index in [1.165, 1.54) is 11.1 Å². The van der Waals surface area contributed by atoms with Gasteiger partial charge in [0.1, 0.15) is 0 Å². The van der Waals surface area contributed by atoms with Gasteiger partial charge in [0.25, 0.3) is 0 Å². The van der Waals surface area contributed by atoms with Gasteiger partial charge < -0.3 is 5.11 Å². The summed E-state index contributed by atoms with van der Waals surface area (Å²) in [5.74, 6) is -0.730. The van der Waals surface area contributed by atoms with Crippen LogP contribution >= 0.6 is 0 Å². The summed E-state index contributed by atoms with van der Waals surface area (Å²) >= 11 is 0. The van der Waals surface area contributed by atoms with Gasteiger partial charge in [0, 0.05) is 26.2 Å². The van der Waals surface area contributed by atoms with Crippen LogP contribution in [0.1, 0.15) is 17.5 Å². The average Bonchev–Trinajstić information content (AvgIpc) is 2.57. The molecule has 0 spiro atoms. The molecule has 104 valence electrons. The topological polar surface area (TPSA) is 43.8 Å². The first-order valence-electron chi connectivity index (χ1n) is 6.85. The maximum atomic E-state index is 10.7. The van der Waals surface area contributed by atoms with Crippen LogP contribution in [0.25, 0.3) is 0 Å². The second-order valence-electron chi connectivity index (χ2n) is 5.29. The highest BCUT2D eigenvalue weighted by molar-refractivity contribution is 5.69. The third kappa shape index (κ3) is 4.65. The molecule has 1 heterocycles. The number of benzene rings is 1. The van der Waals surface area contributed by atoms with Crippen molar-refractivity contribution >= 4 is 5.97 Å². The maximum absolute atomic E-state index is 10.7. The third-order valence-corrected chi connectivity index (χ3v) is 3.57. The Hall–Kier alpha value is -1.39. The van der Waals surface area contributed by atoms with Crippen molar-refractivity contribution in [3.8, 4) is 0 Å². The van der Waals surface area contributed by atoms with Crippen molar-refractivity contribution in [3.05, 3.63) is 35.4 Å². The van der Waals surface area contributed by atoms with Gasteiger partial charge in [-0.2, -0.15) is 0 Å². The number of carboxylic acids is 1. The van der Waals surface area contributed by atoms with Crippen LogP contribution in [-0.4, -0.2) is 53.6 Å². The standard InChI is InChI=1S/C15H22N2O2/c1-13-3-5-14(6-4-13)11-16-7-2-8-17(10-9-16)12-15(18)19/h3-6H,2,7-12H2,1H3,(H,18,19). The van der Waals surface area contributed by atoms with Crippen LogP contribution in [0.5, 0.6) is 0 Å². The summed E-state index contributed by atoms with van der Waals surface area (Å²) < 4.78 is 0. The fourth-order valence-corrected chi connectivity index (χ4v) is 2.48. The molecule has 0 bridgehead atoms. The first-order chi connectivity index (χ1) is 9.13. The lowest BCUT2D eigenvalue weighted by atomic mass is 10.1. The number of rotatable bonds is 4. The van der Waals surface area contributed by atoms with Gasteiger partial charge in [-0.05, 0) is 25.5 Å². The molecule has 19 heavy (non-hydrogen) atoms. The molecule has 2 rings (SSSR count). The molecule has 1 aromatic carbocycles. The van der Waals surface area contributed by atoms with E-state index in [1.807, 2.05) is 4.90 Å². The summed E-state index contributed by atoms with van der Waals surface area (Å²) in [7, 11) is 0. The van der Waals surface area contributed by atoms with E-state index in [-0.39, 0.29) is 6.54 Å². The van der Waals surface area contributed by atoms with E-state index < -0.39 is 5.97 Å². The van der Waals surface area contributed by atoms with E-state index in [1.54, 1.807) is 0 Å². The van der Waals surface area contributed by atoms with E-state index in [2.05, 4.69) is 36.1 Å². The lowest BCUT2D eigenvalue weighted by Crippen LogP contribution is -2.34. The highest BCUT2D eigenvalue weighted by atomic mass is 16.4. The highest BCUT2D eigenvalue weighted by Gasteiger charge is 2.16. The van der Waals surface area contributed by atoms with Gasteiger partial charge in [-0.1, -0.05) is 29.8 Å². The molecular weight excluding hydrogens is 240 g/mol. The molecule has 0 amide bonds. The largest absolute Gasteiger partial charge is 0.480 e.